The van der Waals surface area contributed by atoms with E-state index in [1.807, 2.05) is 34.6 Å². The lowest BCUT2D eigenvalue weighted by atomic mass is 10.1. The van der Waals surface area contributed by atoms with Crippen LogP contribution in [0.1, 0.15) is 69.3 Å². The molecule has 0 bridgehead atoms. The zero-order valence-corrected chi connectivity index (χ0v) is 20.3. The van der Waals surface area contributed by atoms with Crippen LogP contribution in [0, 0.1) is 25.2 Å². The topological polar surface area (TPSA) is 93.4 Å². The van der Waals surface area contributed by atoms with Crippen molar-refractivity contribution in [3.63, 3.8) is 0 Å². The maximum absolute atomic E-state index is 12.9. The molecule has 1 aliphatic heterocycles. The normalized spacial score (nSPS) is 18.5. The highest BCUT2D eigenvalue weighted by Gasteiger charge is 2.28. The first-order valence-corrected chi connectivity index (χ1v) is 11.8. The largest absolute Gasteiger partial charge is 0.350 e. The van der Waals surface area contributed by atoms with Gasteiger partial charge in [0, 0.05) is 43.5 Å². The van der Waals surface area contributed by atoms with Gasteiger partial charge in [-0.3, -0.25) is 19.4 Å². The molecule has 1 aromatic rings. The summed E-state index contributed by atoms with van der Waals surface area (Å²) in [5.74, 6) is 0.611. The van der Waals surface area contributed by atoms with Crippen LogP contribution in [0.2, 0.25) is 0 Å². The molecule has 1 saturated heterocycles. The lowest BCUT2D eigenvalue weighted by molar-refractivity contribution is -0.124. The Morgan fingerprint density at radius 3 is 2.03 bits per heavy atom. The third-order valence-electron chi connectivity index (χ3n) is 6.53. The van der Waals surface area contributed by atoms with Gasteiger partial charge in [0.25, 0.3) is 0 Å². The van der Waals surface area contributed by atoms with E-state index in [-0.39, 0.29) is 17.4 Å². The third-order valence-corrected chi connectivity index (χ3v) is 6.53. The number of nitrogens with one attached hydrogen (secondary N) is 2. The van der Waals surface area contributed by atoms with Gasteiger partial charge in [-0.05, 0) is 53.0 Å². The molecule has 0 spiro atoms. The highest BCUT2D eigenvalue weighted by Crippen LogP contribution is 2.37. The minimum Gasteiger partial charge on any atom is -0.350 e. The molecule has 2 N–H and O–H groups in total. The first-order chi connectivity index (χ1) is 15.1. The van der Waals surface area contributed by atoms with Crippen LogP contribution in [-0.2, 0) is 9.59 Å². The fourth-order valence-electron chi connectivity index (χ4n) is 4.85. The summed E-state index contributed by atoms with van der Waals surface area (Å²) in [7, 11) is 0. The Morgan fingerprint density at radius 2 is 1.53 bits per heavy atom. The molecule has 0 atom stereocenters. The number of hydrogen-bond donors (Lipinski definition) is 2. The first-order valence-electron chi connectivity index (χ1n) is 11.8. The SMILES string of the molecule is Cc1c(C#N)c(NC(=O)CN2CCN(CC(=O)NC(C)(C)C)CC2)n(C2CCCC2)c1C. The lowest BCUT2D eigenvalue weighted by Crippen LogP contribution is -2.52. The molecule has 3 rings (SSSR count). The quantitative estimate of drug-likeness (QED) is 0.706. The van der Waals surface area contributed by atoms with Crippen LogP contribution < -0.4 is 10.6 Å². The van der Waals surface area contributed by atoms with E-state index in [2.05, 4.69) is 31.1 Å². The fraction of sp³-hybridized carbons (Fsp3) is 0.708. The van der Waals surface area contributed by atoms with Gasteiger partial charge in [-0.15, -0.1) is 0 Å². The zero-order chi connectivity index (χ0) is 23.5. The summed E-state index contributed by atoms with van der Waals surface area (Å²) in [6.45, 7) is 13.6. The molecule has 1 aliphatic carbocycles. The molecule has 8 nitrogen and oxygen atoms in total. The number of hydrogen-bond acceptors (Lipinski definition) is 5. The van der Waals surface area contributed by atoms with Crippen molar-refractivity contribution in [2.75, 3.05) is 44.6 Å². The highest BCUT2D eigenvalue weighted by atomic mass is 16.2. The van der Waals surface area contributed by atoms with Crippen molar-refractivity contribution in [1.82, 2.24) is 19.7 Å². The second-order valence-electron chi connectivity index (χ2n) is 10.3. The monoisotopic (exact) mass is 442 g/mol. The summed E-state index contributed by atoms with van der Waals surface area (Å²) in [6, 6.07) is 2.66. The number of carbonyl (C=O) groups excluding carboxylic acids is 2. The summed E-state index contributed by atoms with van der Waals surface area (Å²) < 4.78 is 2.19. The van der Waals surface area contributed by atoms with E-state index in [1.54, 1.807) is 0 Å². The van der Waals surface area contributed by atoms with Gasteiger partial charge in [0.1, 0.15) is 11.9 Å². The Morgan fingerprint density at radius 1 is 1.00 bits per heavy atom. The lowest BCUT2D eigenvalue weighted by Gasteiger charge is -2.34. The summed E-state index contributed by atoms with van der Waals surface area (Å²) in [4.78, 5) is 29.3. The highest BCUT2D eigenvalue weighted by molar-refractivity contribution is 5.93. The van der Waals surface area contributed by atoms with E-state index in [4.69, 9.17) is 0 Å². The maximum Gasteiger partial charge on any atom is 0.239 e. The molecule has 32 heavy (non-hydrogen) atoms. The van der Waals surface area contributed by atoms with Crippen LogP contribution in [0.25, 0.3) is 0 Å². The second-order valence-corrected chi connectivity index (χ2v) is 10.3. The van der Waals surface area contributed by atoms with E-state index in [9.17, 15) is 14.9 Å². The van der Waals surface area contributed by atoms with Gasteiger partial charge in [-0.2, -0.15) is 5.26 Å². The number of piperazine rings is 1. The summed E-state index contributed by atoms with van der Waals surface area (Å²) >= 11 is 0. The Kier molecular flexibility index (Phi) is 7.63. The molecule has 2 fully saturated rings. The molecule has 2 heterocycles. The molecule has 1 aromatic heterocycles. The summed E-state index contributed by atoms with van der Waals surface area (Å²) in [5.41, 5.74) is 2.38. The molecule has 0 unspecified atom stereocenters. The van der Waals surface area contributed by atoms with E-state index in [0.717, 1.165) is 50.3 Å². The number of amides is 2. The van der Waals surface area contributed by atoms with Crippen molar-refractivity contribution < 1.29 is 9.59 Å². The van der Waals surface area contributed by atoms with Gasteiger partial charge < -0.3 is 15.2 Å². The van der Waals surface area contributed by atoms with Crippen molar-refractivity contribution >= 4 is 17.6 Å². The number of anilines is 1. The Bertz CT molecular complexity index is 878. The fourth-order valence-corrected chi connectivity index (χ4v) is 4.85. The third kappa shape index (κ3) is 5.90. The van der Waals surface area contributed by atoms with Crippen molar-refractivity contribution in [3.8, 4) is 6.07 Å². The van der Waals surface area contributed by atoms with Gasteiger partial charge in [0.2, 0.25) is 11.8 Å². The van der Waals surface area contributed by atoms with Gasteiger partial charge in [0.05, 0.1) is 18.7 Å². The minimum absolute atomic E-state index is 0.0335. The van der Waals surface area contributed by atoms with Crippen LogP contribution in [0.15, 0.2) is 0 Å². The van der Waals surface area contributed by atoms with Crippen molar-refractivity contribution in [3.05, 3.63) is 16.8 Å². The van der Waals surface area contributed by atoms with Crippen LogP contribution in [0.5, 0.6) is 0 Å². The van der Waals surface area contributed by atoms with Crippen LogP contribution in [0.3, 0.4) is 0 Å². The van der Waals surface area contributed by atoms with Gasteiger partial charge >= 0.3 is 0 Å². The maximum atomic E-state index is 12.9. The average Bonchev–Trinajstić information content (AvgIpc) is 3.29. The number of nitriles is 1. The molecular weight excluding hydrogens is 404 g/mol. The molecule has 2 amide bonds. The van der Waals surface area contributed by atoms with Gasteiger partial charge in [-0.1, -0.05) is 12.8 Å². The second kappa shape index (κ2) is 10.1. The van der Waals surface area contributed by atoms with Crippen LogP contribution in [-0.4, -0.2) is 71.0 Å². The average molecular weight is 443 g/mol. The Balaban J connectivity index is 1.56. The van der Waals surface area contributed by atoms with Crippen LogP contribution >= 0.6 is 0 Å². The van der Waals surface area contributed by atoms with Crippen molar-refractivity contribution in [1.29, 1.82) is 5.26 Å². The smallest absolute Gasteiger partial charge is 0.239 e. The molecule has 1 saturated carbocycles. The summed E-state index contributed by atoms with van der Waals surface area (Å²) in [5, 5.41) is 15.8. The number of carbonyl (C=O) groups is 2. The molecule has 176 valence electrons. The van der Waals surface area contributed by atoms with Crippen LogP contribution in [0.4, 0.5) is 5.82 Å². The molecule has 2 aliphatic rings. The number of rotatable bonds is 6. The molecular formula is C24H38N6O2. The van der Waals surface area contributed by atoms with Crippen molar-refractivity contribution in [2.45, 2.75) is 71.9 Å². The van der Waals surface area contributed by atoms with E-state index < -0.39 is 0 Å². The molecule has 8 heteroatoms. The van der Waals surface area contributed by atoms with Gasteiger partial charge in [-0.25, -0.2) is 0 Å². The van der Waals surface area contributed by atoms with Crippen molar-refractivity contribution in [2.24, 2.45) is 0 Å². The first kappa shape index (κ1) is 24.3. The predicted octanol–water partition coefficient (Wildman–Crippen LogP) is 2.56. The molecule has 0 radical (unpaired) electrons. The summed E-state index contributed by atoms with van der Waals surface area (Å²) in [6.07, 6.45) is 4.56. The van der Waals surface area contributed by atoms with Gasteiger partial charge in [0.15, 0.2) is 0 Å². The van der Waals surface area contributed by atoms with E-state index in [0.29, 0.717) is 30.5 Å². The molecule has 0 aromatic carbocycles. The number of aromatic nitrogens is 1. The zero-order valence-electron chi connectivity index (χ0n) is 20.3. The minimum atomic E-state index is -0.230. The predicted molar refractivity (Wildman–Crippen MR) is 126 cm³/mol. The number of nitrogens with zero attached hydrogens (tertiary/aromatic N) is 4. The standard InChI is InChI=1S/C24H38N6O2/c1-17-18(2)30(19-8-6-7-9-19)23(20(17)14-25)26-21(31)15-28-10-12-29(13-11-28)16-22(32)27-24(3,4)5/h19H,6-13,15-16H2,1-5H3,(H,26,31)(H,27,32). The Hall–Kier alpha value is -2.37. The Labute approximate surface area is 191 Å². The van der Waals surface area contributed by atoms with E-state index in [1.165, 1.54) is 12.8 Å². The van der Waals surface area contributed by atoms with E-state index >= 15 is 0 Å².